The summed E-state index contributed by atoms with van der Waals surface area (Å²) < 4.78 is 8.29. The van der Waals surface area contributed by atoms with Crippen molar-refractivity contribution in [1.82, 2.24) is 24.8 Å². The van der Waals surface area contributed by atoms with Gasteiger partial charge in [-0.05, 0) is 18.6 Å². The molecule has 132 valence electrons. The summed E-state index contributed by atoms with van der Waals surface area (Å²) >= 11 is 0. The highest BCUT2D eigenvalue weighted by Gasteiger charge is 2.46. The van der Waals surface area contributed by atoms with Crippen molar-refractivity contribution in [2.24, 2.45) is 7.05 Å². The molecule has 0 saturated heterocycles. The second-order valence-electron chi connectivity index (χ2n) is 6.33. The molecule has 1 saturated carbocycles. The van der Waals surface area contributed by atoms with Crippen LogP contribution >= 0.6 is 0 Å². The number of aryl methyl sites for hydroxylation is 1. The van der Waals surface area contributed by atoms with E-state index in [4.69, 9.17) is 4.74 Å². The van der Waals surface area contributed by atoms with Crippen molar-refractivity contribution in [3.05, 3.63) is 59.2 Å². The van der Waals surface area contributed by atoms with Crippen LogP contribution in [0.25, 0.3) is 5.69 Å². The molecular weight excluding hydrogens is 334 g/mol. The number of aromatic nitrogens is 5. The fourth-order valence-corrected chi connectivity index (χ4v) is 3.28. The van der Waals surface area contributed by atoms with Gasteiger partial charge in [0.25, 0.3) is 0 Å². The molecule has 2 aromatic heterocycles. The Morgan fingerprint density at radius 3 is 2.88 bits per heavy atom. The van der Waals surface area contributed by atoms with Crippen molar-refractivity contribution in [1.29, 1.82) is 0 Å². The minimum Gasteiger partial charge on any atom is -0.465 e. The van der Waals surface area contributed by atoms with Gasteiger partial charge in [-0.3, -0.25) is 9.48 Å². The Morgan fingerprint density at radius 2 is 2.19 bits per heavy atom. The Labute approximate surface area is 149 Å². The molecule has 1 aromatic carbocycles. The molecule has 26 heavy (non-hydrogen) atoms. The molecule has 1 aliphatic carbocycles. The van der Waals surface area contributed by atoms with Crippen LogP contribution in [0, 0.1) is 0 Å². The maximum atomic E-state index is 12.2. The van der Waals surface area contributed by atoms with E-state index in [0.29, 0.717) is 11.1 Å². The standard InChI is InChI=1S/C18H17N5O3/c1-22-9-16(20-21-22)13-7-14(13)17-15(18(25)26-2)8-19-23(17)12-5-3-4-11(6-12)10-24/h3-6,8-10,13-14H,7H2,1-2H3/t13-,14-/m1/s1. The zero-order chi connectivity index (χ0) is 18.3. The van der Waals surface area contributed by atoms with Gasteiger partial charge in [0.1, 0.15) is 11.8 Å². The first kappa shape index (κ1) is 16.2. The summed E-state index contributed by atoms with van der Waals surface area (Å²) in [7, 11) is 3.17. The lowest BCUT2D eigenvalue weighted by Gasteiger charge is -2.09. The molecule has 8 nitrogen and oxygen atoms in total. The zero-order valence-corrected chi connectivity index (χ0v) is 14.4. The first-order chi connectivity index (χ1) is 12.6. The average Bonchev–Trinajstić information content (AvgIpc) is 3.12. The topological polar surface area (TPSA) is 91.9 Å². The van der Waals surface area contributed by atoms with Crippen molar-refractivity contribution in [3.63, 3.8) is 0 Å². The Bertz CT molecular complexity index is 990. The predicted molar refractivity (Wildman–Crippen MR) is 91.4 cm³/mol. The van der Waals surface area contributed by atoms with Crippen LogP contribution < -0.4 is 0 Å². The Morgan fingerprint density at radius 1 is 1.35 bits per heavy atom. The Kier molecular flexibility index (Phi) is 3.87. The van der Waals surface area contributed by atoms with Crippen LogP contribution in [0.1, 0.15) is 50.4 Å². The third kappa shape index (κ3) is 2.69. The molecule has 2 atom stereocenters. The summed E-state index contributed by atoms with van der Waals surface area (Å²) in [5.74, 6) is -0.164. The fraction of sp³-hybridized carbons (Fsp3) is 0.278. The number of esters is 1. The van der Waals surface area contributed by atoms with Crippen LogP contribution in [0.15, 0.2) is 36.7 Å². The summed E-state index contributed by atoms with van der Waals surface area (Å²) in [5.41, 5.74) is 3.37. The average molecular weight is 351 g/mol. The van der Waals surface area contributed by atoms with E-state index in [1.165, 1.54) is 13.3 Å². The third-order valence-electron chi connectivity index (χ3n) is 4.60. The Balaban J connectivity index is 1.77. The second kappa shape index (κ2) is 6.21. The van der Waals surface area contributed by atoms with Crippen LogP contribution in [0.3, 0.4) is 0 Å². The van der Waals surface area contributed by atoms with Crippen LogP contribution in [0.2, 0.25) is 0 Å². The molecule has 3 aromatic rings. The highest BCUT2D eigenvalue weighted by Crippen LogP contribution is 2.55. The third-order valence-corrected chi connectivity index (χ3v) is 4.60. The predicted octanol–water partition coefficient (Wildman–Crippen LogP) is 1.87. The number of methoxy groups -OCH3 is 1. The van der Waals surface area contributed by atoms with Gasteiger partial charge < -0.3 is 4.74 Å². The monoisotopic (exact) mass is 351 g/mol. The lowest BCUT2D eigenvalue weighted by molar-refractivity contribution is 0.0599. The van der Waals surface area contributed by atoms with Crippen molar-refractivity contribution >= 4 is 12.3 Å². The van der Waals surface area contributed by atoms with Crippen LogP contribution in [0.5, 0.6) is 0 Å². The number of benzene rings is 1. The SMILES string of the molecule is COC(=O)c1cnn(-c2cccc(C=O)c2)c1[C@@H]1C[C@H]1c1cn(C)nn1. The first-order valence-electron chi connectivity index (χ1n) is 8.20. The largest absolute Gasteiger partial charge is 0.465 e. The molecule has 0 amide bonds. The number of nitrogens with zero attached hydrogens (tertiary/aromatic N) is 5. The highest BCUT2D eigenvalue weighted by molar-refractivity contribution is 5.91. The molecule has 0 unspecified atom stereocenters. The van der Waals surface area contributed by atoms with Crippen LogP contribution in [0.4, 0.5) is 0 Å². The van der Waals surface area contributed by atoms with E-state index < -0.39 is 5.97 Å². The van der Waals surface area contributed by atoms with Crippen LogP contribution in [-0.2, 0) is 11.8 Å². The van der Waals surface area contributed by atoms with Crippen molar-refractivity contribution in [2.75, 3.05) is 7.11 Å². The molecule has 0 radical (unpaired) electrons. The van der Waals surface area contributed by atoms with E-state index in [1.54, 1.807) is 27.6 Å². The van der Waals surface area contributed by atoms with Gasteiger partial charge in [-0.15, -0.1) is 5.10 Å². The molecule has 0 aliphatic heterocycles. The molecule has 0 N–H and O–H groups in total. The molecular formula is C18H17N5O3. The minimum absolute atomic E-state index is 0.0863. The van der Waals surface area contributed by atoms with E-state index >= 15 is 0 Å². The molecule has 2 heterocycles. The number of hydrogen-bond acceptors (Lipinski definition) is 6. The van der Waals surface area contributed by atoms with Gasteiger partial charge in [0.05, 0.1) is 30.4 Å². The molecule has 1 fully saturated rings. The smallest absolute Gasteiger partial charge is 0.341 e. The van der Waals surface area contributed by atoms with Gasteiger partial charge in [-0.2, -0.15) is 5.10 Å². The van der Waals surface area contributed by atoms with E-state index in [-0.39, 0.29) is 11.8 Å². The summed E-state index contributed by atoms with van der Waals surface area (Å²) in [6.07, 6.45) is 5.03. The van der Waals surface area contributed by atoms with Crippen molar-refractivity contribution in [3.8, 4) is 5.69 Å². The van der Waals surface area contributed by atoms with Gasteiger partial charge in [0, 0.05) is 30.6 Å². The van der Waals surface area contributed by atoms with Gasteiger partial charge in [0.15, 0.2) is 0 Å². The number of ether oxygens (including phenoxy) is 1. The highest BCUT2D eigenvalue weighted by atomic mass is 16.5. The fourth-order valence-electron chi connectivity index (χ4n) is 3.28. The van der Waals surface area contributed by atoms with E-state index in [9.17, 15) is 9.59 Å². The molecule has 0 bridgehead atoms. The molecule has 4 rings (SSSR count). The minimum atomic E-state index is -0.428. The van der Waals surface area contributed by atoms with Crippen molar-refractivity contribution in [2.45, 2.75) is 18.3 Å². The first-order valence-corrected chi connectivity index (χ1v) is 8.20. The van der Waals surface area contributed by atoms with Crippen molar-refractivity contribution < 1.29 is 14.3 Å². The summed E-state index contributed by atoms with van der Waals surface area (Å²) in [4.78, 5) is 23.3. The van der Waals surface area contributed by atoms with Crippen LogP contribution in [-0.4, -0.2) is 44.1 Å². The number of carbonyl (C=O) groups excluding carboxylic acids is 2. The number of aldehydes is 1. The van der Waals surface area contributed by atoms with Gasteiger partial charge in [0.2, 0.25) is 0 Å². The number of hydrogen-bond donors (Lipinski definition) is 0. The molecule has 0 spiro atoms. The zero-order valence-electron chi connectivity index (χ0n) is 14.4. The van der Waals surface area contributed by atoms with Gasteiger partial charge in [-0.25, -0.2) is 9.48 Å². The van der Waals surface area contributed by atoms with Gasteiger partial charge in [-0.1, -0.05) is 17.3 Å². The van der Waals surface area contributed by atoms with E-state index in [0.717, 1.165) is 29.8 Å². The summed E-state index contributed by atoms with van der Waals surface area (Å²) in [5, 5.41) is 12.6. The second-order valence-corrected chi connectivity index (χ2v) is 6.33. The quantitative estimate of drug-likeness (QED) is 0.515. The van der Waals surface area contributed by atoms with Gasteiger partial charge >= 0.3 is 5.97 Å². The van der Waals surface area contributed by atoms with E-state index in [1.807, 2.05) is 19.3 Å². The molecule has 1 aliphatic rings. The lowest BCUT2D eigenvalue weighted by atomic mass is 10.1. The Hall–Kier alpha value is -3.29. The van der Waals surface area contributed by atoms with E-state index in [2.05, 4.69) is 15.4 Å². The lowest BCUT2D eigenvalue weighted by Crippen LogP contribution is -2.08. The maximum absolute atomic E-state index is 12.2. The normalized spacial score (nSPS) is 18.5. The number of carbonyl (C=O) groups is 2. The number of rotatable bonds is 5. The molecule has 8 heteroatoms. The summed E-state index contributed by atoms with van der Waals surface area (Å²) in [6, 6.07) is 7.10. The summed E-state index contributed by atoms with van der Waals surface area (Å²) in [6.45, 7) is 0. The maximum Gasteiger partial charge on any atom is 0.341 e.